The zero-order valence-corrected chi connectivity index (χ0v) is 17.4. The fourth-order valence-electron chi connectivity index (χ4n) is 3.94. The van der Waals surface area contributed by atoms with E-state index in [1.165, 1.54) is 55.5 Å². The number of hydrogen-bond acceptors (Lipinski definition) is 9. The Morgan fingerprint density at radius 1 is 1.03 bits per heavy atom. The van der Waals surface area contributed by atoms with Gasteiger partial charge in [0.25, 0.3) is 0 Å². The summed E-state index contributed by atoms with van der Waals surface area (Å²) in [5.74, 6) is -1.35. The van der Waals surface area contributed by atoms with E-state index < -0.39 is 17.1 Å². The summed E-state index contributed by atoms with van der Waals surface area (Å²) in [5.41, 5.74) is 0.797. The third-order valence-corrected chi connectivity index (χ3v) is 5.34. The summed E-state index contributed by atoms with van der Waals surface area (Å²) in [6.07, 6.45) is 2.90. The Balaban J connectivity index is 0.000000200. The second-order valence-corrected chi connectivity index (χ2v) is 7.75. The predicted octanol–water partition coefficient (Wildman–Crippen LogP) is 2.39. The van der Waals surface area contributed by atoms with Gasteiger partial charge in [-0.15, -0.1) is 0 Å². The number of carbonyl (C=O) groups excluding carboxylic acids is 2. The lowest BCUT2D eigenvalue weighted by atomic mass is 9.85. The minimum absolute atomic E-state index is 0.0348. The van der Waals surface area contributed by atoms with Gasteiger partial charge in [-0.1, -0.05) is 0 Å². The van der Waals surface area contributed by atoms with E-state index in [2.05, 4.69) is 0 Å². The molecular formula is C24H20O9. The van der Waals surface area contributed by atoms with Crippen molar-refractivity contribution in [1.82, 2.24) is 0 Å². The molecule has 5 rings (SSSR count). The van der Waals surface area contributed by atoms with Gasteiger partial charge >= 0.3 is 5.97 Å². The van der Waals surface area contributed by atoms with Gasteiger partial charge < -0.3 is 35.0 Å². The first-order chi connectivity index (χ1) is 15.6. The van der Waals surface area contributed by atoms with Gasteiger partial charge in [-0.3, -0.25) is 9.59 Å². The highest BCUT2D eigenvalue weighted by Crippen LogP contribution is 2.50. The van der Waals surface area contributed by atoms with Crippen LogP contribution in [0.3, 0.4) is 0 Å². The number of phenols is 3. The summed E-state index contributed by atoms with van der Waals surface area (Å²) in [4.78, 5) is 21.9. The molecule has 1 aliphatic heterocycles. The molecule has 0 amide bonds. The molecular weight excluding hydrogens is 432 g/mol. The molecule has 0 saturated carbocycles. The first kappa shape index (κ1) is 22.0. The first-order valence-corrected chi connectivity index (χ1v) is 9.87. The Kier molecular flexibility index (Phi) is 5.35. The van der Waals surface area contributed by atoms with Crippen molar-refractivity contribution in [2.45, 2.75) is 18.9 Å². The Morgan fingerprint density at radius 3 is 2.36 bits per heavy atom. The van der Waals surface area contributed by atoms with Crippen LogP contribution < -0.4 is 4.74 Å². The third-order valence-electron chi connectivity index (χ3n) is 5.34. The molecule has 0 aromatic heterocycles. The van der Waals surface area contributed by atoms with Gasteiger partial charge in [0.1, 0.15) is 23.7 Å². The first-order valence-electron chi connectivity index (χ1n) is 9.87. The molecule has 0 bridgehead atoms. The van der Waals surface area contributed by atoms with Crippen molar-refractivity contribution < 1.29 is 44.6 Å². The molecule has 9 heteroatoms. The molecule has 33 heavy (non-hydrogen) atoms. The molecule has 1 unspecified atom stereocenters. The zero-order chi connectivity index (χ0) is 23.9. The molecule has 0 radical (unpaired) electrons. The number of aliphatic hydroxyl groups excluding tert-OH is 1. The molecule has 2 aromatic carbocycles. The zero-order valence-electron chi connectivity index (χ0n) is 17.4. The molecule has 1 atom stereocenters. The lowest BCUT2D eigenvalue weighted by Crippen LogP contribution is -2.39. The minimum atomic E-state index is -1.33. The number of ketones is 1. The summed E-state index contributed by atoms with van der Waals surface area (Å²) >= 11 is 0. The number of fused-ring (bicyclic) bond motifs is 4. The van der Waals surface area contributed by atoms with E-state index in [9.17, 15) is 30.0 Å². The number of esters is 1. The van der Waals surface area contributed by atoms with Crippen molar-refractivity contribution in [3.8, 4) is 23.0 Å². The molecule has 5 N–H and O–H groups in total. The van der Waals surface area contributed by atoms with E-state index in [1.807, 2.05) is 0 Å². The molecule has 0 spiro atoms. The number of rotatable bonds is 1. The normalized spacial score (nSPS) is 20.2. The van der Waals surface area contributed by atoms with Crippen molar-refractivity contribution in [1.29, 1.82) is 0 Å². The average Bonchev–Trinajstić information content (AvgIpc) is 3.04. The Hall–Kier alpha value is -4.24. The minimum Gasteiger partial charge on any atom is -0.508 e. The van der Waals surface area contributed by atoms with Gasteiger partial charge in [0.2, 0.25) is 11.5 Å². The molecule has 9 nitrogen and oxygen atoms in total. The summed E-state index contributed by atoms with van der Waals surface area (Å²) in [6, 6.07) is 8.73. The highest BCUT2D eigenvalue weighted by molar-refractivity contribution is 6.06. The molecule has 2 aromatic rings. The van der Waals surface area contributed by atoms with Crippen molar-refractivity contribution in [3.63, 3.8) is 0 Å². The van der Waals surface area contributed by atoms with E-state index in [1.54, 1.807) is 0 Å². The second-order valence-electron chi connectivity index (χ2n) is 7.75. The number of aromatic hydroxyl groups is 3. The maximum absolute atomic E-state index is 11.5. The van der Waals surface area contributed by atoms with Gasteiger partial charge in [-0.25, -0.2) is 0 Å². The van der Waals surface area contributed by atoms with Crippen LogP contribution in [0.1, 0.15) is 18.1 Å². The van der Waals surface area contributed by atoms with Crippen molar-refractivity contribution in [2.24, 2.45) is 0 Å². The van der Waals surface area contributed by atoms with Gasteiger partial charge in [0, 0.05) is 24.5 Å². The molecule has 3 aliphatic rings. The molecule has 2 aliphatic carbocycles. The van der Waals surface area contributed by atoms with Crippen molar-refractivity contribution in [2.75, 3.05) is 6.61 Å². The van der Waals surface area contributed by atoms with Crippen LogP contribution in [0.25, 0.3) is 5.57 Å². The van der Waals surface area contributed by atoms with Gasteiger partial charge in [-0.2, -0.15) is 0 Å². The number of hydrogen-bond donors (Lipinski definition) is 5. The maximum Gasteiger partial charge on any atom is 0.308 e. The lowest BCUT2D eigenvalue weighted by molar-refractivity contribution is -0.131. The van der Waals surface area contributed by atoms with Crippen LogP contribution in [0.4, 0.5) is 0 Å². The summed E-state index contributed by atoms with van der Waals surface area (Å²) in [5, 5.41) is 48.9. The molecule has 0 fully saturated rings. The molecule has 0 saturated heterocycles. The standard InChI is InChI=1S/C16H12O6.C8H8O3/c17-10-2-1-8-13-9-4-12(19)11(18)3-7(9)5-16(13,21)6-22-15(8)14(10)20;1-6(9)11-8-4-2-7(10)3-5-8/h1-4,18-21H,5-6H2;2-5,10H,1H3. The van der Waals surface area contributed by atoms with Crippen molar-refractivity contribution >= 4 is 17.3 Å². The fraction of sp³-hybridized carbons (Fsp3) is 0.167. The predicted molar refractivity (Wildman–Crippen MR) is 115 cm³/mol. The number of ether oxygens (including phenoxy) is 2. The quantitative estimate of drug-likeness (QED) is 0.249. The Labute approximate surface area is 187 Å². The number of aliphatic hydroxyl groups is 2. The van der Waals surface area contributed by atoms with Crippen LogP contribution in [-0.2, 0) is 20.7 Å². The van der Waals surface area contributed by atoms with Crippen molar-refractivity contribution in [3.05, 3.63) is 76.8 Å². The number of benzene rings is 2. The Bertz CT molecular complexity index is 1250. The van der Waals surface area contributed by atoms with Crippen LogP contribution in [0.15, 0.2) is 65.6 Å². The van der Waals surface area contributed by atoms with Crippen LogP contribution in [0.5, 0.6) is 23.0 Å². The van der Waals surface area contributed by atoms with E-state index in [0.717, 1.165) is 0 Å². The lowest BCUT2D eigenvalue weighted by Gasteiger charge is -2.33. The van der Waals surface area contributed by atoms with Crippen LogP contribution in [-0.4, -0.2) is 49.5 Å². The Morgan fingerprint density at radius 2 is 1.70 bits per heavy atom. The third kappa shape index (κ3) is 4.01. The van der Waals surface area contributed by atoms with E-state index in [0.29, 0.717) is 28.0 Å². The van der Waals surface area contributed by atoms with Gasteiger partial charge in [-0.05, 0) is 59.7 Å². The van der Waals surface area contributed by atoms with Gasteiger partial charge in [0.15, 0.2) is 17.3 Å². The molecule has 1 heterocycles. The highest BCUT2D eigenvalue weighted by atomic mass is 16.5. The van der Waals surface area contributed by atoms with E-state index in [4.69, 9.17) is 14.6 Å². The maximum atomic E-state index is 11.5. The van der Waals surface area contributed by atoms with E-state index in [-0.39, 0.29) is 42.0 Å². The monoisotopic (exact) mass is 452 g/mol. The summed E-state index contributed by atoms with van der Waals surface area (Å²) in [6.45, 7) is 1.20. The summed E-state index contributed by atoms with van der Waals surface area (Å²) < 4.78 is 10.1. The largest absolute Gasteiger partial charge is 0.508 e. The number of allylic oxidation sites excluding steroid dienone is 2. The average molecular weight is 452 g/mol. The SMILES string of the molecule is CC(=O)Oc1ccc(O)cc1.O=C1C=CC2=C3c4cc(O)c(O)cc4CC3(O)COC2=C1O. The van der Waals surface area contributed by atoms with Gasteiger partial charge in [0.05, 0.1) is 0 Å². The van der Waals surface area contributed by atoms with Crippen LogP contribution >= 0.6 is 0 Å². The highest BCUT2D eigenvalue weighted by Gasteiger charge is 2.47. The number of carbonyl (C=O) groups is 2. The van der Waals surface area contributed by atoms with Crippen LogP contribution in [0.2, 0.25) is 0 Å². The second kappa shape index (κ2) is 8.03. The molecule has 170 valence electrons. The fourth-order valence-corrected chi connectivity index (χ4v) is 3.94. The van der Waals surface area contributed by atoms with Crippen LogP contribution in [0, 0.1) is 0 Å². The smallest absolute Gasteiger partial charge is 0.308 e. The number of phenolic OH excluding ortho intramolecular Hbond substituents is 3. The topological polar surface area (TPSA) is 154 Å². The van der Waals surface area contributed by atoms with E-state index >= 15 is 0 Å². The summed E-state index contributed by atoms with van der Waals surface area (Å²) in [7, 11) is 0.